The Kier molecular flexibility index (Phi) is 6.40. The summed E-state index contributed by atoms with van der Waals surface area (Å²) in [5, 5.41) is 2.88. The first-order valence-electron chi connectivity index (χ1n) is 9.96. The second-order valence-electron chi connectivity index (χ2n) is 7.55. The van der Waals surface area contributed by atoms with Crippen LogP contribution in [0.15, 0.2) is 51.7 Å². The van der Waals surface area contributed by atoms with Crippen LogP contribution in [0.1, 0.15) is 44.2 Å². The fraction of sp³-hybridized carbons (Fsp3) is 0.348. The van der Waals surface area contributed by atoms with Crippen molar-refractivity contribution in [3.8, 4) is 0 Å². The fourth-order valence-electron chi connectivity index (χ4n) is 3.31. The molecule has 0 unspecified atom stereocenters. The topological polar surface area (TPSA) is 90.5 Å². The summed E-state index contributed by atoms with van der Waals surface area (Å²) in [6.45, 7) is 7.66. The second-order valence-corrected chi connectivity index (χ2v) is 7.55. The summed E-state index contributed by atoms with van der Waals surface area (Å²) in [7, 11) is 0. The maximum absolute atomic E-state index is 12.6. The molecule has 7 heteroatoms. The van der Waals surface area contributed by atoms with Crippen molar-refractivity contribution in [3.63, 3.8) is 0 Å². The van der Waals surface area contributed by atoms with Crippen molar-refractivity contribution in [2.75, 3.05) is 5.32 Å². The van der Waals surface area contributed by atoms with Crippen LogP contribution in [0.25, 0.3) is 11.1 Å². The largest absolute Gasteiger partial charge is 0.452 e. The van der Waals surface area contributed by atoms with Gasteiger partial charge in [0.15, 0.2) is 11.7 Å². The number of para-hydroxylation sites is 3. The van der Waals surface area contributed by atoms with Crippen molar-refractivity contribution < 1.29 is 18.7 Å². The molecular weight excluding hydrogens is 384 g/mol. The number of hydrogen-bond donors (Lipinski definition) is 1. The Hall–Kier alpha value is -3.35. The Morgan fingerprint density at radius 2 is 1.83 bits per heavy atom. The van der Waals surface area contributed by atoms with Gasteiger partial charge in [-0.25, -0.2) is 4.79 Å². The van der Waals surface area contributed by atoms with Crippen LogP contribution in [0.4, 0.5) is 5.69 Å². The van der Waals surface area contributed by atoms with Crippen LogP contribution in [0.3, 0.4) is 0 Å². The van der Waals surface area contributed by atoms with E-state index < -0.39 is 23.7 Å². The van der Waals surface area contributed by atoms with Crippen molar-refractivity contribution in [1.29, 1.82) is 0 Å². The SMILES string of the molecule is Cc1cccc(C(C)C)c1NC(=O)[C@H](C)OC(=O)CCn1c(=O)oc2ccccc21. The van der Waals surface area contributed by atoms with E-state index in [-0.39, 0.29) is 18.9 Å². The van der Waals surface area contributed by atoms with E-state index in [4.69, 9.17) is 9.15 Å². The molecular formula is C23H26N2O5. The quantitative estimate of drug-likeness (QED) is 0.595. The monoisotopic (exact) mass is 410 g/mol. The lowest BCUT2D eigenvalue weighted by molar-refractivity contribution is -0.153. The number of benzene rings is 2. The second kappa shape index (κ2) is 8.98. The highest BCUT2D eigenvalue weighted by Crippen LogP contribution is 2.27. The normalized spacial score (nSPS) is 12.2. The minimum absolute atomic E-state index is 0.0529. The number of amides is 1. The first kappa shape index (κ1) is 21.4. The van der Waals surface area contributed by atoms with Gasteiger partial charge in [0.1, 0.15) is 0 Å². The first-order chi connectivity index (χ1) is 14.3. The molecule has 0 saturated carbocycles. The highest BCUT2D eigenvalue weighted by atomic mass is 16.5. The van der Waals surface area contributed by atoms with Crippen molar-refractivity contribution >= 4 is 28.7 Å². The average Bonchev–Trinajstić information content (AvgIpc) is 3.02. The lowest BCUT2D eigenvalue weighted by atomic mass is 9.98. The number of fused-ring (bicyclic) bond motifs is 1. The number of nitrogens with one attached hydrogen (secondary N) is 1. The maximum atomic E-state index is 12.6. The summed E-state index contributed by atoms with van der Waals surface area (Å²) >= 11 is 0. The third kappa shape index (κ3) is 4.62. The molecule has 0 aliphatic carbocycles. The number of aromatic nitrogens is 1. The summed E-state index contributed by atoms with van der Waals surface area (Å²) in [6, 6.07) is 12.8. The highest BCUT2D eigenvalue weighted by Gasteiger charge is 2.21. The van der Waals surface area contributed by atoms with Gasteiger partial charge in [-0.3, -0.25) is 14.2 Å². The number of carbonyl (C=O) groups excluding carboxylic acids is 2. The minimum atomic E-state index is -0.963. The third-order valence-electron chi connectivity index (χ3n) is 4.97. The Labute approximate surface area is 174 Å². The molecule has 0 spiro atoms. The number of oxazole rings is 1. The van der Waals surface area contributed by atoms with Gasteiger partial charge in [0.2, 0.25) is 0 Å². The Balaban J connectivity index is 1.61. The van der Waals surface area contributed by atoms with Crippen LogP contribution in [0.2, 0.25) is 0 Å². The molecule has 2 aromatic carbocycles. The van der Waals surface area contributed by atoms with Crippen LogP contribution < -0.4 is 11.1 Å². The molecule has 1 N–H and O–H groups in total. The molecule has 0 radical (unpaired) electrons. The van der Waals surface area contributed by atoms with Gasteiger partial charge in [0.05, 0.1) is 11.9 Å². The predicted molar refractivity (Wildman–Crippen MR) is 115 cm³/mol. The lowest BCUT2D eigenvalue weighted by Gasteiger charge is -2.19. The van der Waals surface area contributed by atoms with E-state index in [0.29, 0.717) is 11.1 Å². The zero-order valence-electron chi connectivity index (χ0n) is 17.6. The van der Waals surface area contributed by atoms with Crippen molar-refractivity contribution in [1.82, 2.24) is 4.57 Å². The summed E-state index contributed by atoms with van der Waals surface area (Å²) in [4.78, 5) is 36.8. The zero-order chi connectivity index (χ0) is 21.8. The van der Waals surface area contributed by atoms with Gasteiger partial charge in [-0.15, -0.1) is 0 Å². The molecule has 1 amide bonds. The van der Waals surface area contributed by atoms with E-state index in [1.807, 2.05) is 25.1 Å². The van der Waals surface area contributed by atoms with E-state index in [9.17, 15) is 14.4 Å². The molecule has 30 heavy (non-hydrogen) atoms. The molecule has 0 aliphatic rings. The molecule has 1 atom stereocenters. The number of aryl methyl sites for hydroxylation is 2. The van der Waals surface area contributed by atoms with E-state index in [1.165, 1.54) is 11.5 Å². The van der Waals surface area contributed by atoms with Crippen LogP contribution in [-0.2, 0) is 20.9 Å². The van der Waals surface area contributed by atoms with Gasteiger partial charge in [0, 0.05) is 12.2 Å². The molecule has 3 aromatic rings. The number of carbonyl (C=O) groups is 2. The minimum Gasteiger partial charge on any atom is -0.452 e. The number of nitrogens with zero attached hydrogens (tertiary/aromatic N) is 1. The van der Waals surface area contributed by atoms with Crippen LogP contribution in [0.5, 0.6) is 0 Å². The molecule has 1 heterocycles. The lowest BCUT2D eigenvalue weighted by Crippen LogP contribution is -2.31. The van der Waals surface area contributed by atoms with Gasteiger partial charge < -0.3 is 14.5 Å². The van der Waals surface area contributed by atoms with Crippen LogP contribution >= 0.6 is 0 Å². The Bertz CT molecular complexity index is 1130. The standard InChI is InChI=1S/C23H26N2O5/c1-14(2)17-9-7-8-15(3)21(17)24-22(27)16(4)29-20(26)12-13-25-18-10-5-6-11-19(18)30-23(25)28/h5-11,14,16H,12-13H2,1-4H3,(H,24,27)/t16-/m0/s1. The van der Waals surface area contributed by atoms with Gasteiger partial charge in [-0.1, -0.05) is 44.2 Å². The zero-order valence-corrected chi connectivity index (χ0v) is 17.6. The van der Waals surface area contributed by atoms with Crippen LogP contribution in [-0.4, -0.2) is 22.5 Å². The van der Waals surface area contributed by atoms with Gasteiger partial charge in [-0.05, 0) is 43.0 Å². The smallest absolute Gasteiger partial charge is 0.419 e. The molecule has 3 rings (SSSR count). The summed E-state index contributed by atoms with van der Waals surface area (Å²) in [6.07, 6.45) is -1.02. The van der Waals surface area contributed by atoms with Gasteiger partial charge >= 0.3 is 11.7 Å². The summed E-state index contributed by atoms with van der Waals surface area (Å²) < 4.78 is 11.8. The number of esters is 1. The average molecular weight is 410 g/mol. The number of rotatable bonds is 7. The van der Waals surface area contributed by atoms with E-state index >= 15 is 0 Å². The van der Waals surface area contributed by atoms with Crippen molar-refractivity contribution in [2.24, 2.45) is 0 Å². The number of hydrogen-bond acceptors (Lipinski definition) is 5. The summed E-state index contributed by atoms with van der Waals surface area (Å²) in [5.74, 6) is -1.26. The number of anilines is 1. The summed E-state index contributed by atoms with van der Waals surface area (Å²) in [5.41, 5.74) is 3.79. The molecule has 0 saturated heterocycles. The van der Waals surface area contributed by atoms with E-state index in [0.717, 1.165) is 16.8 Å². The van der Waals surface area contributed by atoms with E-state index in [2.05, 4.69) is 19.2 Å². The Morgan fingerprint density at radius 1 is 1.10 bits per heavy atom. The molecule has 0 bridgehead atoms. The fourth-order valence-corrected chi connectivity index (χ4v) is 3.31. The predicted octanol–water partition coefficient (Wildman–Crippen LogP) is 3.99. The Morgan fingerprint density at radius 3 is 2.57 bits per heavy atom. The van der Waals surface area contributed by atoms with Gasteiger partial charge in [-0.2, -0.15) is 0 Å². The highest BCUT2D eigenvalue weighted by molar-refractivity contribution is 5.96. The molecule has 158 valence electrons. The molecule has 0 fully saturated rings. The maximum Gasteiger partial charge on any atom is 0.419 e. The van der Waals surface area contributed by atoms with Gasteiger partial charge in [0.25, 0.3) is 5.91 Å². The van der Waals surface area contributed by atoms with Crippen LogP contribution in [0, 0.1) is 6.92 Å². The van der Waals surface area contributed by atoms with E-state index in [1.54, 1.807) is 24.3 Å². The molecule has 1 aromatic heterocycles. The first-order valence-corrected chi connectivity index (χ1v) is 9.96. The molecule has 0 aliphatic heterocycles. The number of ether oxygens (including phenoxy) is 1. The van der Waals surface area contributed by atoms with Crippen molar-refractivity contribution in [3.05, 3.63) is 64.1 Å². The third-order valence-corrected chi connectivity index (χ3v) is 4.97. The van der Waals surface area contributed by atoms with Crippen molar-refractivity contribution in [2.45, 2.75) is 52.7 Å². The molecule has 7 nitrogen and oxygen atoms in total.